The number of piperidine rings is 1. The predicted molar refractivity (Wildman–Crippen MR) is 324 cm³/mol. The highest BCUT2D eigenvalue weighted by Gasteiger charge is 2.26. The molecular weight excluding hydrogens is 899 g/mol. The maximum Gasteiger partial charge on any atom is 0.0594 e. The lowest BCUT2D eigenvalue weighted by atomic mass is 9.92. The first kappa shape index (κ1) is 70.7. The van der Waals surface area contributed by atoms with Crippen molar-refractivity contribution in [2.24, 2.45) is 32.5 Å². The molecule has 9 nitrogen and oxygen atoms in total. The third-order valence-electron chi connectivity index (χ3n) is 15.7. The van der Waals surface area contributed by atoms with Gasteiger partial charge < -0.3 is 34.8 Å². The summed E-state index contributed by atoms with van der Waals surface area (Å²) in [7, 11) is 0. The Hall–Kier alpha value is -0.360. The molecule has 0 spiro atoms. The Morgan fingerprint density at radius 3 is 1.01 bits per heavy atom. The van der Waals surface area contributed by atoms with E-state index in [0.29, 0.717) is 45.1 Å². The van der Waals surface area contributed by atoms with E-state index < -0.39 is 0 Å². The summed E-state index contributed by atoms with van der Waals surface area (Å²) in [6.45, 7) is 68.7. The molecule has 0 aromatic rings. The number of likely N-dealkylation sites (tertiary alicyclic amines) is 4. The molecule has 2 atom stereocenters. The van der Waals surface area contributed by atoms with Gasteiger partial charge in [0.1, 0.15) is 0 Å². The van der Waals surface area contributed by atoms with Gasteiger partial charge in [0.15, 0.2) is 0 Å². The summed E-state index contributed by atoms with van der Waals surface area (Å²) in [5.74, 6) is 0. The van der Waals surface area contributed by atoms with Crippen LogP contribution in [0, 0.1) is 32.5 Å². The van der Waals surface area contributed by atoms with Crippen LogP contribution in [0.4, 0.5) is 0 Å². The smallest absolute Gasteiger partial charge is 0.0594 e. The number of nitrogens with zero attached hydrogens (tertiary/aromatic N) is 6. The van der Waals surface area contributed by atoms with E-state index in [-0.39, 0.29) is 0 Å². The van der Waals surface area contributed by atoms with Crippen LogP contribution in [0.25, 0.3) is 0 Å². The van der Waals surface area contributed by atoms with Gasteiger partial charge in [0.25, 0.3) is 0 Å². The summed E-state index contributed by atoms with van der Waals surface area (Å²) in [4.78, 5) is 15.4. The predicted octanol–water partition coefficient (Wildman–Crippen LogP) is 13.7. The summed E-state index contributed by atoms with van der Waals surface area (Å²) < 4.78 is 5.29. The monoisotopic (exact) mass is 1030 g/mol. The topological polar surface area (TPSA) is 60.9 Å². The second kappa shape index (κ2) is 36.7. The van der Waals surface area contributed by atoms with Crippen LogP contribution >= 0.6 is 0 Å². The maximum absolute atomic E-state index is 9.12. The number of nitrogens with one attached hydrogen (secondary N) is 1. The van der Waals surface area contributed by atoms with E-state index in [1.54, 1.807) is 0 Å². The zero-order valence-electron chi connectivity index (χ0n) is 53.4. The second-order valence-electron chi connectivity index (χ2n) is 30.6. The molecule has 0 bridgehead atoms. The van der Waals surface area contributed by atoms with Gasteiger partial charge in [-0.15, -0.1) is 0 Å². The molecule has 438 valence electrons. The van der Waals surface area contributed by atoms with Crippen LogP contribution in [0.5, 0.6) is 0 Å². The van der Waals surface area contributed by atoms with Crippen molar-refractivity contribution in [3.05, 3.63) is 0 Å². The van der Waals surface area contributed by atoms with Gasteiger partial charge in [-0.25, -0.2) is 0 Å². The quantitative estimate of drug-likeness (QED) is 0.177. The van der Waals surface area contributed by atoms with Crippen molar-refractivity contribution in [3.63, 3.8) is 0 Å². The lowest BCUT2D eigenvalue weighted by molar-refractivity contribution is 0.0333. The van der Waals surface area contributed by atoms with Crippen molar-refractivity contribution >= 4 is 0 Å². The molecule has 0 radical (unpaired) electrons. The molecular formula is C64H135N7O2. The fourth-order valence-corrected chi connectivity index (χ4v) is 9.93. The molecule has 9 heteroatoms. The molecule has 0 aliphatic carbocycles. The van der Waals surface area contributed by atoms with Crippen LogP contribution in [-0.4, -0.2) is 184 Å². The number of hydrogen-bond donors (Lipinski definition) is 2. The first-order chi connectivity index (χ1) is 33.9. The summed E-state index contributed by atoms with van der Waals surface area (Å²) in [6, 6.07) is 1.34. The number of rotatable bonds is 14. The molecule has 0 saturated carbocycles. The summed E-state index contributed by atoms with van der Waals surface area (Å²) in [5.41, 5.74) is 2.91. The van der Waals surface area contributed by atoms with E-state index in [2.05, 4.69) is 166 Å². The van der Waals surface area contributed by atoms with Crippen molar-refractivity contribution in [1.82, 2.24) is 34.7 Å². The van der Waals surface area contributed by atoms with Gasteiger partial charge in [0, 0.05) is 51.4 Å². The van der Waals surface area contributed by atoms with Gasteiger partial charge in [0.2, 0.25) is 0 Å². The van der Waals surface area contributed by atoms with Crippen molar-refractivity contribution in [3.8, 4) is 0 Å². The molecule has 6 rings (SSSR count). The zero-order valence-corrected chi connectivity index (χ0v) is 53.4. The molecule has 6 aliphatic heterocycles. The zero-order chi connectivity index (χ0) is 55.2. The average Bonchev–Trinajstić information content (AvgIpc) is 4.12. The van der Waals surface area contributed by atoms with Crippen molar-refractivity contribution in [2.45, 2.75) is 246 Å². The van der Waals surface area contributed by atoms with Crippen LogP contribution < -0.4 is 5.32 Å². The van der Waals surface area contributed by atoms with E-state index >= 15 is 0 Å². The number of morpholine rings is 1. The highest BCUT2D eigenvalue weighted by atomic mass is 16.5. The summed E-state index contributed by atoms with van der Waals surface area (Å²) >= 11 is 0. The molecule has 6 heterocycles. The maximum atomic E-state index is 9.12. The minimum absolute atomic E-state index is 0.337. The summed E-state index contributed by atoms with van der Waals surface area (Å²) in [5, 5.41) is 12.5. The Bertz CT molecular complexity index is 1170. The van der Waals surface area contributed by atoms with Crippen LogP contribution in [0.1, 0.15) is 234 Å². The number of piperazine rings is 1. The number of aliphatic hydroxyl groups is 1. The number of hydrogen-bond acceptors (Lipinski definition) is 9. The lowest BCUT2D eigenvalue weighted by Crippen LogP contribution is -2.44. The standard InChI is InChI=1S/C12H25N.C11H23NO.C11H23N.C10H22N2.C10H21NO.C10H21N/c1-5-11-7-6-9-13(11)10-8-12(2,3)4;1-11(2,3)6-8-12-7-4-5-10(12)9-13;1-11(2,3)7-10-12-8-5-4-6-9-12;1-10(2,3)4-7-12-8-5-11-6-9-12;1-10(2,3)4-5-11-6-8-12-9-7-11;1-10(2,3)6-9-11-7-4-5-8-11/h11H,5-10H2,1-4H3;10,13H,4-9H2,1-3H3;4-10H2,1-3H3;11H,4-9H2,1-3H3;4-9H2,1-3H3;4-9H2,1-3H3. The van der Waals surface area contributed by atoms with Crippen molar-refractivity contribution in [2.75, 3.05) is 138 Å². The van der Waals surface area contributed by atoms with Gasteiger partial charge >= 0.3 is 0 Å². The van der Waals surface area contributed by atoms with Crippen LogP contribution in [0.2, 0.25) is 0 Å². The fourth-order valence-electron chi connectivity index (χ4n) is 9.93. The lowest BCUT2D eigenvalue weighted by Gasteiger charge is -2.30. The molecule has 6 aliphatic rings. The van der Waals surface area contributed by atoms with Crippen LogP contribution in [-0.2, 0) is 4.74 Å². The van der Waals surface area contributed by atoms with Crippen molar-refractivity contribution in [1.29, 1.82) is 0 Å². The average molecular weight is 1030 g/mol. The Morgan fingerprint density at radius 1 is 0.370 bits per heavy atom. The molecule has 0 amide bonds. The molecule has 2 N–H and O–H groups in total. The summed E-state index contributed by atoms with van der Waals surface area (Å²) in [6.07, 6.45) is 21.6. The second-order valence-corrected chi connectivity index (χ2v) is 30.6. The third-order valence-corrected chi connectivity index (χ3v) is 15.7. The van der Waals surface area contributed by atoms with Gasteiger partial charge in [-0.05, 0) is 207 Å². The largest absolute Gasteiger partial charge is 0.395 e. The van der Waals surface area contributed by atoms with Gasteiger partial charge in [-0.1, -0.05) is 138 Å². The van der Waals surface area contributed by atoms with Gasteiger partial charge in [-0.3, -0.25) is 9.80 Å². The normalized spacial score (nSPS) is 22.7. The van der Waals surface area contributed by atoms with E-state index in [9.17, 15) is 0 Å². The fraction of sp³-hybridized carbons (Fsp3) is 1.00. The number of ether oxygens (including phenoxy) is 1. The van der Waals surface area contributed by atoms with Crippen molar-refractivity contribution < 1.29 is 9.84 Å². The molecule has 73 heavy (non-hydrogen) atoms. The SMILES string of the molecule is CC(C)(C)CCN1CCCC1.CC(C)(C)CCN1CCCC1CO.CC(C)(C)CCN1CCCCC1.CC(C)(C)CCN1CCNCC1.CC(C)(C)CCN1CCOCC1.CCC1CCCN1CCC(C)(C)C. The van der Waals surface area contributed by atoms with Gasteiger partial charge in [0.05, 0.1) is 19.8 Å². The Labute approximate surface area is 459 Å². The first-order valence-electron chi connectivity index (χ1n) is 31.1. The first-order valence-corrected chi connectivity index (χ1v) is 31.1. The minimum atomic E-state index is 0.337. The highest BCUT2D eigenvalue weighted by molar-refractivity contribution is 4.81. The van der Waals surface area contributed by atoms with E-state index in [1.165, 1.54) is 201 Å². The Kier molecular flexibility index (Phi) is 35.6. The van der Waals surface area contributed by atoms with E-state index in [4.69, 9.17) is 9.84 Å². The number of aliphatic hydroxyl groups excluding tert-OH is 1. The molecule has 6 saturated heterocycles. The molecule has 6 fully saturated rings. The molecule has 2 unspecified atom stereocenters. The minimum Gasteiger partial charge on any atom is -0.395 e. The third kappa shape index (κ3) is 42.3. The van der Waals surface area contributed by atoms with Crippen LogP contribution in [0.15, 0.2) is 0 Å². The highest BCUT2D eigenvalue weighted by Crippen LogP contribution is 2.27. The Balaban J connectivity index is 0.000000438. The van der Waals surface area contributed by atoms with Gasteiger partial charge in [-0.2, -0.15) is 0 Å². The Morgan fingerprint density at radius 2 is 0.671 bits per heavy atom. The molecule has 0 aromatic heterocycles. The van der Waals surface area contributed by atoms with E-state index in [1.807, 2.05) is 0 Å². The molecule has 0 aromatic carbocycles. The van der Waals surface area contributed by atoms with Crippen LogP contribution in [0.3, 0.4) is 0 Å². The van der Waals surface area contributed by atoms with E-state index in [0.717, 1.165) is 38.9 Å².